The van der Waals surface area contributed by atoms with Crippen LogP contribution in [-0.4, -0.2) is 50.7 Å². The number of rotatable bonds is 4. The molecule has 0 aromatic carbocycles. The first kappa shape index (κ1) is 12.2. The lowest BCUT2D eigenvalue weighted by molar-refractivity contribution is 0.0974. The second kappa shape index (κ2) is 5.30. The number of alkyl halides is 1. The molecule has 0 bridgehead atoms. The highest BCUT2D eigenvalue weighted by atomic mass is 35.5. The van der Waals surface area contributed by atoms with Crippen LogP contribution < -0.4 is 0 Å². The lowest BCUT2D eigenvalue weighted by Crippen LogP contribution is -2.40. The highest BCUT2D eigenvalue weighted by Gasteiger charge is 2.30. The molecule has 1 saturated heterocycles. The molecule has 1 heterocycles. The van der Waals surface area contributed by atoms with Crippen LogP contribution in [0, 0.1) is 0 Å². The van der Waals surface area contributed by atoms with Crippen molar-refractivity contribution < 1.29 is 13.2 Å². The van der Waals surface area contributed by atoms with Gasteiger partial charge in [-0.15, -0.1) is 11.6 Å². The van der Waals surface area contributed by atoms with Crippen LogP contribution in [-0.2, 0) is 14.8 Å². The smallest absolute Gasteiger partial charge is 0.216 e. The number of halogens is 1. The minimum Gasteiger partial charge on any atom is -0.381 e. The Morgan fingerprint density at radius 2 is 2.00 bits per heavy atom. The lowest BCUT2D eigenvalue weighted by Gasteiger charge is -2.26. The summed E-state index contributed by atoms with van der Waals surface area (Å²) in [6, 6.07) is 0. The Labute approximate surface area is 90.2 Å². The van der Waals surface area contributed by atoms with Crippen LogP contribution in [0.1, 0.15) is 12.8 Å². The standard InChI is InChI=1S/C8H16ClNO3S/c1-10(5-4-9)14(11,12)8-2-6-13-7-3-8/h8H,2-7H2,1H3. The van der Waals surface area contributed by atoms with Crippen LogP contribution in [0.2, 0.25) is 0 Å². The zero-order chi connectivity index (χ0) is 10.6. The van der Waals surface area contributed by atoms with Gasteiger partial charge in [0.15, 0.2) is 0 Å². The van der Waals surface area contributed by atoms with Crippen molar-refractivity contribution in [3.8, 4) is 0 Å². The molecular formula is C8H16ClNO3S. The molecule has 4 nitrogen and oxygen atoms in total. The molecule has 0 amide bonds. The van der Waals surface area contributed by atoms with Gasteiger partial charge in [0.1, 0.15) is 0 Å². The molecule has 0 aliphatic carbocycles. The van der Waals surface area contributed by atoms with Gasteiger partial charge in [-0.2, -0.15) is 0 Å². The summed E-state index contributed by atoms with van der Waals surface area (Å²) in [5, 5.41) is -0.288. The monoisotopic (exact) mass is 241 g/mol. The van der Waals surface area contributed by atoms with Crippen molar-refractivity contribution in [1.82, 2.24) is 4.31 Å². The molecule has 0 atom stereocenters. The van der Waals surface area contributed by atoms with Gasteiger partial charge in [-0.3, -0.25) is 0 Å². The highest BCUT2D eigenvalue weighted by Crippen LogP contribution is 2.18. The van der Waals surface area contributed by atoms with Crippen LogP contribution in [0.25, 0.3) is 0 Å². The molecule has 1 aliphatic heterocycles. The molecule has 14 heavy (non-hydrogen) atoms. The van der Waals surface area contributed by atoms with Gasteiger partial charge in [-0.1, -0.05) is 0 Å². The van der Waals surface area contributed by atoms with E-state index in [1.165, 1.54) is 4.31 Å². The summed E-state index contributed by atoms with van der Waals surface area (Å²) in [5.74, 6) is 0.332. The van der Waals surface area contributed by atoms with E-state index in [1.807, 2.05) is 0 Å². The maximum absolute atomic E-state index is 11.9. The molecule has 1 rings (SSSR count). The maximum atomic E-state index is 11.9. The topological polar surface area (TPSA) is 46.6 Å². The van der Waals surface area contributed by atoms with Crippen molar-refractivity contribution in [2.75, 3.05) is 32.7 Å². The second-order valence-electron chi connectivity index (χ2n) is 3.37. The number of nitrogens with zero attached hydrogens (tertiary/aromatic N) is 1. The molecule has 84 valence electrons. The van der Waals surface area contributed by atoms with E-state index in [9.17, 15) is 8.42 Å². The van der Waals surface area contributed by atoms with Crippen molar-refractivity contribution in [3.63, 3.8) is 0 Å². The molecule has 0 unspecified atom stereocenters. The molecule has 1 fully saturated rings. The third-order valence-electron chi connectivity index (χ3n) is 2.42. The van der Waals surface area contributed by atoms with E-state index >= 15 is 0 Å². The van der Waals surface area contributed by atoms with Crippen LogP contribution >= 0.6 is 11.6 Å². The Hall–Kier alpha value is 0.160. The van der Waals surface area contributed by atoms with Crippen LogP contribution in [0.15, 0.2) is 0 Å². The minimum absolute atomic E-state index is 0.288. The Bertz CT molecular complexity index is 262. The predicted octanol–water partition coefficient (Wildman–Crippen LogP) is 0.666. The molecule has 0 N–H and O–H groups in total. The Morgan fingerprint density at radius 3 is 2.50 bits per heavy atom. The molecule has 0 spiro atoms. The summed E-state index contributed by atoms with van der Waals surface area (Å²) >= 11 is 5.51. The fourth-order valence-electron chi connectivity index (χ4n) is 1.47. The summed E-state index contributed by atoms with van der Waals surface area (Å²) in [5.41, 5.74) is 0. The zero-order valence-electron chi connectivity index (χ0n) is 8.28. The van der Waals surface area contributed by atoms with E-state index in [0.29, 0.717) is 38.5 Å². The van der Waals surface area contributed by atoms with Gasteiger partial charge in [-0.05, 0) is 12.8 Å². The first-order valence-corrected chi connectivity index (χ1v) is 6.71. The highest BCUT2D eigenvalue weighted by molar-refractivity contribution is 7.89. The second-order valence-corrected chi connectivity index (χ2v) is 6.07. The van der Waals surface area contributed by atoms with Gasteiger partial charge in [0, 0.05) is 32.7 Å². The van der Waals surface area contributed by atoms with Crippen molar-refractivity contribution >= 4 is 21.6 Å². The van der Waals surface area contributed by atoms with Gasteiger partial charge in [-0.25, -0.2) is 12.7 Å². The Kier molecular flexibility index (Phi) is 4.63. The largest absolute Gasteiger partial charge is 0.381 e. The van der Waals surface area contributed by atoms with Gasteiger partial charge in [0.25, 0.3) is 0 Å². The average molecular weight is 242 g/mol. The molecule has 0 aromatic heterocycles. The fourth-order valence-corrected chi connectivity index (χ4v) is 3.47. The van der Waals surface area contributed by atoms with E-state index in [1.54, 1.807) is 7.05 Å². The third kappa shape index (κ3) is 2.82. The first-order valence-electron chi connectivity index (χ1n) is 4.68. The summed E-state index contributed by atoms with van der Waals surface area (Å²) in [6.45, 7) is 1.46. The van der Waals surface area contributed by atoms with E-state index in [0.717, 1.165) is 0 Å². The normalized spacial score (nSPS) is 20.2. The summed E-state index contributed by atoms with van der Waals surface area (Å²) in [4.78, 5) is 0. The predicted molar refractivity (Wildman–Crippen MR) is 56.1 cm³/mol. The maximum Gasteiger partial charge on any atom is 0.216 e. The van der Waals surface area contributed by atoms with Gasteiger partial charge >= 0.3 is 0 Å². The SMILES string of the molecule is CN(CCCl)S(=O)(=O)C1CCOCC1. The summed E-state index contributed by atoms with van der Waals surface area (Å²) in [7, 11) is -1.58. The van der Waals surface area contributed by atoms with E-state index in [4.69, 9.17) is 16.3 Å². The fraction of sp³-hybridized carbons (Fsp3) is 1.00. The van der Waals surface area contributed by atoms with Gasteiger partial charge < -0.3 is 4.74 Å². The number of hydrogen-bond acceptors (Lipinski definition) is 3. The molecule has 0 saturated carbocycles. The van der Waals surface area contributed by atoms with E-state index < -0.39 is 10.0 Å². The number of sulfonamides is 1. The molecule has 0 radical (unpaired) electrons. The Morgan fingerprint density at radius 1 is 1.43 bits per heavy atom. The van der Waals surface area contributed by atoms with Crippen molar-refractivity contribution in [1.29, 1.82) is 0 Å². The van der Waals surface area contributed by atoms with E-state index in [2.05, 4.69) is 0 Å². The quantitative estimate of drug-likeness (QED) is 0.680. The molecule has 0 aromatic rings. The third-order valence-corrected chi connectivity index (χ3v) is 4.96. The summed E-state index contributed by atoms with van der Waals surface area (Å²) < 4.78 is 30.2. The van der Waals surface area contributed by atoms with Crippen LogP contribution in [0.4, 0.5) is 0 Å². The number of hydrogen-bond donors (Lipinski definition) is 0. The van der Waals surface area contributed by atoms with Crippen LogP contribution in [0.5, 0.6) is 0 Å². The lowest BCUT2D eigenvalue weighted by atomic mass is 10.2. The average Bonchev–Trinajstić information content (AvgIpc) is 2.19. The van der Waals surface area contributed by atoms with Crippen molar-refractivity contribution in [2.24, 2.45) is 0 Å². The van der Waals surface area contributed by atoms with Crippen molar-refractivity contribution in [2.45, 2.75) is 18.1 Å². The zero-order valence-corrected chi connectivity index (χ0v) is 9.85. The summed E-state index contributed by atoms with van der Waals surface area (Å²) in [6.07, 6.45) is 1.18. The van der Waals surface area contributed by atoms with Gasteiger partial charge in [0.2, 0.25) is 10.0 Å². The van der Waals surface area contributed by atoms with E-state index in [-0.39, 0.29) is 5.25 Å². The minimum atomic E-state index is -3.16. The Balaban J connectivity index is 2.62. The molecular weight excluding hydrogens is 226 g/mol. The molecule has 6 heteroatoms. The first-order chi connectivity index (χ1) is 6.59. The van der Waals surface area contributed by atoms with Crippen LogP contribution in [0.3, 0.4) is 0 Å². The number of ether oxygens (including phenoxy) is 1. The van der Waals surface area contributed by atoms with Gasteiger partial charge in [0.05, 0.1) is 5.25 Å². The van der Waals surface area contributed by atoms with Crippen molar-refractivity contribution in [3.05, 3.63) is 0 Å². The molecule has 1 aliphatic rings.